The summed E-state index contributed by atoms with van der Waals surface area (Å²) in [4.78, 5) is 11.3. The average Bonchev–Trinajstić information content (AvgIpc) is 2.29. The largest absolute Gasteiger partial charge is 0.352 e. The van der Waals surface area contributed by atoms with Crippen LogP contribution in [0.1, 0.15) is 43.1 Å². The number of nitrogens with one attached hydrogen (secondary N) is 1. The minimum atomic E-state index is -4.21. The first-order valence-corrected chi connectivity index (χ1v) is 8.07. The molecule has 21 heavy (non-hydrogen) atoms. The summed E-state index contributed by atoms with van der Waals surface area (Å²) in [6.45, 7) is 7.96. The molecule has 0 aromatic heterocycles. The molecule has 0 fully saturated rings. The van der Waals surface area contributed by atoms with Crippen LogP contribution in [0.4, 0.5) is 4.39 Å². The topological polar surface area (TPSA) is 89.3 Å². The highest BCUT2D eigenvalue weighted by Gasteiger charge is 2.20. The molecule has 0 aliphatic rings. The van der Waals surface area contributed by atoms with Crippen LogP contribution in [0.5, 0.6) is 0 Å². The van der Waals surface area contributed by atoms with Gasteiger partial charge in [0, 0.05) is 12.1 Å². The van der Waals surface area contributed by atoms with Crippen molar-refractivity contribution in [3.63, 3.8) is 0 Å². The molecule has 0 bridgehead atoms. The molecular weight excluding hydrogens is 295 g/mol. The summed E-state index contributed by atoms with van der Waals surface area (Å²) in [7, 11) is -4.21. The molecule has 1 rings (SSSR count). The van der Waals surface area contributed by atoms with Gasteiger partial charge in [0.1, 0.15) is 10.7 Å². The minimum Gasteiger partial charge on any atom is -0.352 e. The van der Waals surface area contributed by atoms with Crippen molar-refractivity contribution in [1.29, 1.82) is 0 Å². The van der Waals surface area contributed by atoms with Gasteiger partial charge in [0.2, 0.25) is 10.0 Å². The van der Waals surface area contributed by atoms with Gasteiger partial charge in [-0.05, 0) is 36.5 Å². The predicted molar refractivity (Wildman–Crippen MR) is 78.9 cm³/mol. The summed E-state index contributed by atoms with van der Waals surface area (Å²) >= 11 is 0. The van der Waals surface area contributed by atoms with E-state index in [1.807, 2.05) is 20.8 Å². The third kappa shape index (κ3) is 5.09. The van der Waals surface area contributed by atoms with Gasteiger partial charge < -0.3 is 5.32 Å². The summed E-state index contributed by atoms with van der Waals surface area (Å²) in [5, 5.41) is 7.64. The van der Waals surface area contributed by atoms with Gasteiger partial charge in [-0.1, -0.05) is 20.8 Å². The standard InChI is InChI=1S/C14H21FN2O3S/c1-9-7-10(8-11(12(9)15)21(16,19)20)13(18)17-6-5-14(2,3)4/h7-8H,5-6H2,1-4H3,(H,17,18)(H2,16,19,20). The van der Waals surface area contributed by atoms with E-state index in [1.165, 1.54) is 13.0 Å². The molecule has 0 radical (unpaired) electrons. The second kappa shape index (κ2) is 6.11. The fourth-order valence-electron chi connectivity index (χ4n) is 1.73. The Morgan fingerprint density at radius 2 is 1.90 bits per heavy atom. The van der Waals surface area contributed by atoms with Crippen molar-refractivity contribution in [1.82, 2.24) is 5.32 Å². The molecule has 1 aromatic rings. The van der Waals surface area contributed by atoms with E-state index >= 15 is 0 Å². The number of carbonyl (C=O) groups is 1. The number of hydrogen-bond donors (Lipinski definition) is 2. The van der Waals surface area contributed by atoms with Crippen molar-refractivity contribution in [3.8, 4) is 0 Å². The van der Waals surface area contributed by atoms with Gasteiger partial charge in [-0.2, -0.15) is 0 Å². The Morgan fingerprint density at radius 3 is 2.38 bits per heavy atom. The Kier molecular flexibility index (Phi) is 5.11. The first kappa shape index (κ1) is 17.6. The number of primary sulfonamides is 1. The summed E-state index contributed by atoms with van der Waals surface area (Å²) in [5.41, 5.74) is 0.201. The number of halogens is 1. The first-order chi connectivity index (χ1) is 9.42. The third-order valence-electron chi connectivity index (χ3n) is 2.95. The fraction of sp³-hybridized carbons (Fsp3) is 0.500. The molecule has 0 unspecified atom stereocenters. The van der Waals surface area contributed by atoms with Gasteiger partial charge >= 0.3 is 0 Å². The zero-order chi connectivity index (χ0) is 16.4. The first-order valence-electron chi connectivity index (χ1n) is 6.53. The molecule has 0 saturated heterocycles. The van der Waals surface area contributed by atoms with Crippen molar-refractivity contribution >= 4 is 15.9 Å². The Hall–Kier alpha value is -1.47. The molecule has 1 amide bonds. The summed E-state index contributed by atoms with van der Waals surface area (Å²) < 4.78 is 36.4. The van der Waals surface area contributed by atoms with Crippen molar-refractivity contribution in [2.24, 2.45) is 10.6 Å². The van der Waals surface area contributed by atoms with Crippen molar-refractivity contribution in [2.45, 2.75) is 39.0 Å². The number of sulfonamides is 1. The van der Waals surface area contributed by atoms with E-state index < -0.39 is 26.6 Å². The molecule has 0 spiro atoms. The lowest BCUT2D eigenvalue weighted by Gasteiger charge is -2.18. The predicted octanol–water partition coefficient (Wildman–Crippen LogP) is 1.95. The van der Waals surface area contributed by atoms with Crippen LogP contribution >= 0.6 is 0 Å². The van der Waals surface area contributed by atoms with Crippen molar-refractivity contribution in [3.05, 3.63) is 29.1 Å². The van der Waals surface area contributed by atoms with E-state index in [4.69, 9.17) is 5.14 Å². The van der Waals surface area contributed by atoms with Crippen molar-refractivity contribution < 1.29 is 17.6 Å². The molecule has 7 heteroatoms. The van der Waals surface area contributed by atoms with Crippen LogP contribution in [-0.4, -0.2) is 20.9 Å². The average molecular weight is 316 g/mol. The summed E-state index contributed by atoms with van der Waals surface area (Å²) in [6, 6.07) is 2.26. The van der Waals surface area contributed by atoms with Crippen LogP contribution in [-0.2, 0) is 10.0 Å². The number of benzene rings is 1. The molecular formula is C14H21FN2O3S. The van der Waals surface area contributed by atoms with Gasteiger partial charge in [0.25, 0.3) is 5.91 Å². The van der Waals surface area contributed by atoms with Gasteiger partial charge in [-0.3, -0.25) is 4.79 Å². The van der Waals surface area contributed by atoms with Crippen molar-refractivity contribution in [2.75, 3.05) is 6.54 Å². The molecule has 0 heterocycles. The Morgan fingerprint density at radius 1 is 1.33 bits per heavy atom. The van der Waals surface area contributed by atoms with E-state index in [9.17, 15) is 17.6 Å². The third-order valence-corrected chi connectivity index (χ3v) is 3.86. The molecule has 1 aromatic carbocycles. The molecule has 0 aliphatic carbocycles. The molecule has 118 valence electrons. The lowest BCUT2D eigenvalue weighted by molar-refractivity contribution is 0.0949. The van der Waals surface area contributed by atoms with E-state index in [0.29, 0.717) is 6.54 Å². The summed E-state index contributed by atoms with van der Waals surface area (Å²) in [5.74, 6) is -1.38. The van der Waals surface area contributed by atoms with Crippen LogP contribution in [0.2, 0.25) is 0 Å². The number of aryl methyl sites for hydroxylation is 1. The summed E-state index contributed by atoms with van der Waals surface area (Å²) in [6.07, 6.45) is 0.765. The lowest BCUT2D eigenvalue weighted by Crippen LogP contribution is -2.28. The van der Waals surface area contributed by atoms with E-state index in [2.05, 4.69) is 5.32 Å². The number of nitrogens with two attached hydrogens (primary N) is 1. The number of amides is 1. The quantitative estimate of drug-likeness (QED) is 0.889. The van der Waals surface area contributed by atoms with Crippen LogP contribution in [0.15, 0.2) is 17.0 Å². The number of rotatable bonds is 4. The van der Waals surface area contributed by atoms with Gasteiger partial charge in [-0.25, -0.2) is 17.9 Å². The maximum Gasteiger partial charge on any atom is 0.251 e. The molecule has 0 aliphatic heterocycles. The molecule has 0 saturated carbocycles. The number of hydrogen-bond acceptors (Lipinski definition) is 3. The second-order valence-corrected chi connectivity index (χ2v) is 7.75. The molecule has 5 nitrogen and oxygen atoms in total. The lowest BCUT2D eigenvalue weighted by atomic mass is 9.92. The Labute approximate surface area is 124 Å². The van der Waals surface area contributed by atoms with E-state index in [0.717, 1.165) is 12.5 Å². The zero-order valence-corrected chi connectivity index (χ0v) is 13.5. The highest BCUT2D eigenvalue weighted by atomic mass is 32.2. The SMILES string of the molecule is Cc1cc(C(=O)NCCC(C)(C)C)cc(S(N)(=O)=O)c1F. The van der Waals surface area contributed by atoms with Crippen LogP contribution in [0.3, 0.4) is 0 Å². The normalized spacial score (nSPS) is 12.3. The maximum absolute atomic E-state index is 13.8. The van der Waals surface area contributed by atoms with E-state index in [1.54, 1.807) is 0 Å². The monoisotopic (exact) mass is 316 g/mol. The zero-order valence-electron chi connectivity index (χ0n) is 12.7. The van der Waals surface area contributed by atoms with Crippen LogP contribution < -0.4 is 10.5 Å². The van der Waals surface area contributed by atoms with Gasteiger partial charge in [0.15, 0.2) is 0 Å². The fourth-order valence-corrected chi connectivity index (χ4v) is 2.43. The highest BCUT2D eigenvalue weighted by molar-refractivity contribution is 7.89. The van der Waals surface area contributed by atoms with E-state index in [-0.39, 0.29) is 16.5 Å². The Balaban J connectivity index is 2.99. The molecule has 3 N–H and O–H groups in total. The second-order valence-electron chi connectivity index (χ2n) is 6.22. The maximum atomic E-state index is 13.8. The van der Waals surface area contributed by atoms with Gasteiger partial charge in [0.05, 0.1) is 0 Å². The smallest absolute Gasteiger partial charge is 0.251 e. The molecule has 0 atom stereocenters. The number of carbonyl (C=O) groups excluding carboxylic acids is 1. The van der Waals surface area contributed by atoms with Crippen LogP contribution in [0, 0.1) is 18.2 Å². The van der Waals surface area contributed by atoms with Crippen LogP contribution in [0.25, 0.3) is 0 Å². The Bertz CT molecular complexity index is 649. The minimum absolute atomic E-state index is 0.0579. The van der Waals surface area contributed by atoms with Gasteiger partial charge in [-0.15, -0.1) is 0 Å². The highest BCUT2D eigenvalue weighted by Crippen LogP contribution is 2.20.